The average Bonchev–Trinajstić information content (AvgIpc) is 2.57. The molecule has 1 heterocycles. The molecule has 0 saturated heterocycles. The molecule has 7 heteroatoms. The van der Waals surface area contributed by atoms with Crippen LogP contribution in [0.1, 0.15) is 38.2 Å². The van der Waals surface area contributed by atoms with Crippen molar-refractivity contribution in [2.75, 3.05) is 20.8 Å². The number of benzene rings is 1. The van der Waals surface area contributed by atoms with Crippen LogP contribution in [0.5, 0.6) is 17.2 Å². The fourth-order valence-electron chi connectivity index (χ4n) is 2.86. The van der Waals surface area contributed by atoms with Crippen LogP contribution >= 0.6 is 0 Å². The zero-order chi connectivity index (χ0) is 19.6. The number of ether oxygens (including phenoxy) is 3. The predicted molar refractivity (Wildman–Crippen MR) is 98.4 cm³/mol. The van der Waals surface area contributed by atoms with Crippen molar-refractivity contribution in [3.05, 3.63) is 28.2 Å². The highest BCUT2D eigenvalue weighted by Gasteiger charge is 2.28. The van der Waals surface area contributed by atoms with E-state index < -0.39 is 11.5 Å². The molecule has 2 rings (SSSR count). The summed E-state index contributed by atoms with van der Waals surface area (Å²) in [6.45, 7) is 7.82. The molecule has 1 aromatic heterocycles. The molecular weight excluding hydrogens is 338 g/mol. The first kappa shape index (κ1) is 19.6. The van der Waals surface area contributed by atoms with Gasteiger partial charge in [-0.3, -0.25) is 9.36 Å². The van der Waals surface area contributed by atoms with Gasteiger partial charge in [-0.15, -0.1) is 0 Å². The fraction of sp³-hybridized carbons (Fsp3) is 0.474. The smallest absolute Gasteiger partial charge is 0.358 e. The minimum atomic E-state index is -0.766. The van der Waals surface area contributed by atoms with Crippen LogP contribution in [0.2, 0.25) is 0 Å². The molecule has 0 spiro atoms. The van der Waals surface area contributed by atoms with Crippen LogP contribution in [-0.2, 0) is 11.3 Å². The highest BCUT2D eigenvalue weighted by molar-refractivity contribution is 6.02. The fourth-order valence-corrected chi connectivity index (χ4v) is 2.86. The summed E-state index contributed by atoms with van der Waals surface area (Å²) < 4.78 is 16.9. The first-order valence-corrected chi connectivity index (χ1v) is 8.33. The van der Waals surface area contributed by atoms with E-state index in [1.165, 1.54) is 18.8 Å². The number of carbonyl (C=O) groups excluding carboxylic acids is 1. The number of esters is 1. The van der Waals surface area contributed by atoms with Crippen LogP contribution in [-0.4, -0.2) is 36.5 Å². The molecule has 1 N–H and O–H groups in total. The Hall–Kier alpha value is -2.70. The molecule has 1 aromatic carbocycles. The Kier molecular flexibility index (Phi) is 5.49. The Balaban J connectivity index is 2.99. The van der Waals surface area contributed by atoms with Gasteiger partial charge in [0.25, 0.3) is 5.56 Å². The van der Waals surface area contributed by atoms with Gasteiger partial charge in [0, 0.05) is 6.54 Å². The Morgan fingerprint density at radius 2 is 1.85 bits per heavy atom. The van der Waals surface area contributed by atoms with Gasteiger partial charge in [-0.2, -0.15) is 0 Å². The molecular formula is C19H25NO6. The van der Waals surface area contributed by atoms with Crippen molar-refractivity contribution in [3.63, 3.8) is 0 Å². The van der Waals surface area contributed by atoms with E-state index in [2.05, 4.69) is 0 Å². The number of aromatic nitrogens is 1. The van der Waals surface area contributed by atoms with Crippen LogP contribution in [0, 0.1) is 5.41 Å². The molecule has 0 amide bonds. The molecule has 0 atom stereocenters. The van der Waals surface area contributed by atoms with Crippen molar-refractivity contribution in [1.29, 1.82) is 0 Å². The minimum Gasteiger partial charge on any atom is -0.505 e. The number of aromatic hydroxyl groups is 1. The van der Waals surface area contributed by atoms with Crippen LogP contribution in [0.3, 0.4) is 0 Å². The lowest BCUT2D eigenvalue weighted by molar-refractivity contribution is 0.0505. The van der Waals surface area contributed by atoms with Crippen molar-refractivity contribution in [2.24, 2.45) is 5.41 Å². The molecule has 0 fully saturated rings. The van der Waals surface area contributed by atoms with Gasteiger partial charge in [-0.05, 0) is 24.5 Å². The van der Waals surface area contributed by atoms with Crippen LogP contribution in [0.4, 0.5) is 0 Å². The van der Waals surface area contributed by atoms with Gasteiger partial charge < -0.3 is 19.3 Å². The topological polar surface area (TPSA) is 87.0 Å². The second-order valence-corrected chi connectivity index (χ2v) is 7.09. The largest absolute Gasteiger partial charge is 0.505 e. The van der Waals surface area contributed by atoms with Crippen molar-refractivity contribution in [1.82, 2.24) is 4.57 Å². The van der Waals surface area contributed by atoms with E-state index >= 15 is 0 Å². The Morgan fingerprint density at radius 3 is 2.35 bits per heavy atom. The number of methoxy groups -OCH3 is 2. The third-order valence-electron chi connectivity index (χ3n) is 3.85. The number of hydrogen-bond donors (Lipinski definition) is 1. The minimum absolute atomic E-state index is 0.120. The first-order chi connectivity index (χ1) is 12.2. The number of carbonyl (C=O) groups is 1. The zero-order valence-electron chi connectivity index (χ0n) is 16.0. The summed E-state index contributed by atoms with van der Waals surface area (Å²) in [7, 11) is 2.86. The van der Waals surface area contributed by atoms with Crippen molar-refractivity contribution in [3.8, 4) is 17.2 Å². The second kappa shape index (κ2) is 7.27. The maximum absolute atomic E-state index is 13.1. The Labute approximate surface area is 152 Å². The van der Waals surface area contributed by atoms with Crippen molar-refractivity contribution < 1.29 is 24.1 Å². The van der Waals surface area contributed by atoms with E-state index in [-0.39, 0.29) is 46.5 Å². The van der Waals surface area contributed by atoms with Crippen LogP contribution in [0.25, 0.3) is 10.8 Å². The molecule has 0 aliphatic rings. The summed E-state index contributed by atoms with van der Waals surface area (Å²) in [6.07, 6.45) is 0. The number of hydrogen-bond acceptors (Lipinski definition) is 6. The van der Waals surface area contributed by atoms with E-state index in [1.807, 2.05) is 20.8 Å². The van der Waals surface area contributed by atoms with Gasteiger partial charge in [0.2, 0.25) is 0 Å². The first-order valence-electron chi connectivity index (χ1n) is 8.33. The van der Waals surface area contributed by atoms with Crippen molar-refractivity contribution in [2.45, 2.75) is 34.2 Å². The molecule has 0 unspecified atom stereocenters. The summed E-state index contributed by atoms with van der Waals surface area (Å²) in [5, 5.41) is 11.2. The standard InChI is InChI=1S/C19H25NO6/c1-7-26-18(23)14-15(21)13-11(8-9-12(24-5)16(13)25-6)17(22)20(14)10-19(2,3)4/h8-9,21H,7,10H2,1-6H3. The lowest BCUT2D eigenvalue weighted by Crippen LogP contribution is -2.32. The summed E-state index contributed by atoms with van der Waals surface area (Å²) >= 11 is 0. The lowest BCUT2D eigenvalue weighted by Gasteiger charge is -2.24. The molecule has 0 aliphatic carbocycles. The van der Waals surface area contributed by atoms with Crippen molar-refractivity contribution >= 4 is 16.7 Å². The van der Waals surface area contributed by atoms with Gasteiger partial charge in [0.15, 0.2) is 22.9 Å². The van der Waals surface area contributed by atoms with Gasteiger partial charge in [0.05, 0.1) is 31.6 Å². The number of fused-ring (bicyclic) bond motifs is 1. The molecule has 0 aliphatic heterocycles. The Bertz CT molecular complexity index is 892. The lowest BCUT2D eigenvalue weighted by atomic mass is 9.96. The van der Waals surface area contributed by atoms with Crippen LogP contribution < -0.4 is 15.0 Å². The number of pyridine rings is 1. The normalized spacial score (nSPS) is 11.5. The van der Waals surface area contributed by atoms with Gasteiger partial charge in [-0.1, -0.05) is 20.8 Å². The van der Waals surface area contributed by atoms with E-state index in [0.717, 1.165) is 0 Å². The molecule has 26 heavy (non-hydrogen) atoms. The van der Waals surface area contributed by atoms with E-state index in [4.69, 9.17) is 14.2 Å². The van der Waals surface area contributed by atoms with E-state index in [9.17, 15) is 14.7 Å². The highest BCUT2D eigenvalue weighted by Crippen LogP contribution is 2.41. The number of nitrogens with zero attached hydrogens (tertiary/aromatic N) is 1. The van der Waals surface area contributed by atoms with E-state index in [0.29, 0.717) is 5.75 Å². The molecule has 142 valence electrons. The Morgan fingerprint density at radius 1 is 1.19 bits per heavy atom. The SMILES string of the molecule is CCOC(=O)c1c(O)c2c(OC)c(OC)ccc2c(=O)n1CC(C)(C)C. The second-order valence-electron chi connectivity index (χ2n) is 7.09. The highest BCUT2D eigenvalue weighted by atomic mass is 16.5. The summed E-state index contributed by atoms with van der Waals surface area (Å²) in [5.74, 6) is -0.595. The van der Waals surface area contributed by atoms with Gasteiger partial charge in [-0.25, -0.2) is 4.79 Å². The van der Waals surface area contributed by atoms with Gasteiger partial charge >= 0.3 is 5.97 Å². The molecule has 0 radical (unpaired) electrons. The maximum atomic E-state index is 13.1. The van der Waals surface area contributed by atoms with E-state index in [1.54, 1.807) is 19.1 Å². The third kappa shape index (κ3) is 3.47. The average molecular weight is 363 g/mol. The predicted octanol–water partition coefficient (Wildman–Crippen LogP) is 2.95. The summed E-state index contributed by atoms with van der Waals surface area (Å²) in [4.78, 5) is 25.6. The maximum Gasteiger partial charge on any atom is 0.358 e. The number of rotatable bonds is 5. The van der Waals surface area contributed by atoms with Gasteiger partial charge in [0.1, 0.15) is 0 Å². The third-order valence-corrected chi connectivity index (χ3v) is 3.85. The summed E-state index contributed by atoms with van der Waals surface area (Å²) in [6, 6.07) is 3.14. The molecule has 0 saturated carbocycles. The molecule has 7 nitrogen and oxygen atoms in total. The van der Waals surface area contributed by atoms with Crippen LogP contribution in [0.15, 0.2) is 16.9 Å². The quantitative estimate of drug-likeness (QED) is 0.822. The summed E-state index contributed by atoms with van der Waals surface area (Å²) in [5.41, 5.74) is -0.899. The molecule has 2 aromatic rings. The molecule has 0 bridgehead atoms. The monoisotopic (exact) mass is 363 g/mol. The zero-order valence-corrected chi connectivity index (χ0v) is 16.0.